The molecule has 11 heavy (non-hydrogen) atoms. The van der Waals surface area contributed by atoms with Crippen molar-refractivity contribution in [1.29, 1.82) is 0 Å². The van der Waals surface area contributed by atoms with Crippen LogP contribution in [0.2, 0.25) is 0 Å². The van der Waals surface area contributed by atoms with Crippen LogP contribution < -0.4 is 0 Å². The quantitative estimate of drug-likeness (QED) is 0.511. The van der Waals surface area contributed by atoms with Crippen LogP contribution in [-0.4, -0.2) is 24.0 Å². The Kier molecular flexibility index (Phi) is 1.31. The summed E-state index contributed by atoms with van der Waals surface area (Å²) in [6.07, 6.45) is 7.64. The Bertz CT molecular complexity index is 148. The topological polar surface area (TPSA) is 3.24 Å². The van der Waals surface area contributed by atoms with Gasteiger partial charge in [0.05, 0.1) is 0 Å². The summed E-state index contributed by atoms with van der Waals surface area (Å²) in [5.41, 5.74) is 0. The first-order valence-electron chi connectivity index (χ1n) is 5.17. The van der Waals surface area contributed by atoms with Crippen molar-refractivity contribution in [1.82, 2.24) is 4.90 Å². The number of fused-ring (bicyclic) bond motifs is 2. The van der Waals surface area contributed by atoms with Gasteiger partial charge in [0, 0.05) is 12.6 Å². The molecule has 3 rings (SSSR count). The SMILES string of the molecule is C1C[C@@H]2CN3CC[C@H]3CC[C@@H]12. The van der Waals surface area contributed by atoms with Gasteiger partial charge in [0.15, 0.2) is 0 Å². The average molecular weight is 151 g/mol. The van der Waals surface area contributed by atoms with Crippen LogP contribution >= 0.6 is 0 Å². The van der Waals surface area contributed by atoms with E-state index in [0.29, 0.717) is 0 Å². The first-order valence-corrected chi connectivity index (χ1v) is 5.17. The van der Waals surface area contributed by atoms with Crippen molar-refractivity contribution >= 4 is 0 Å². The highest BCUT2D eigenvalue weighted by molar-refractivity contribution is 4.93. The smallest absolute Gasteiger partial charge is 0.0108 e. The summed E-state index contributed by atoms with van der Waals surface area (Å²) in [5.74, 6) is 2.25. The Morgan fingerprint density at radius 3 is 2.27 bits per heavy atom. The molecule has 0 spiro atoms. The van der Waals surface area contributed by atoms with Gasteiger partial charge in [-0.05, 0) is 50.5 Å². The molecular formula is C10H17N. The van der Waals surface area contributed by atoms with E-state index in [9.17, 15) is 0 Å². The summed E-state index contributed by atoms with van der Waals surface area (Å²) in [5, 5.41) is 0. The monoisotopic (exact) mass is 151 g/mol. The van der Waals surface area contributed by atoms with Gasteiger partial charge in [-0.15, -0.1) is 0 Å². The van der Waals surface area contributed by atoms with E-state index in [1.54, 1.807) is 12.8 Å². The van der Waals surface area contributed by atoms with Crippen LogP contribution in [0.4, 0.5) is 0 Å². The molecule has 2 aliphatic heterocycles. The van der Waals surface area contributed by atoms with Crippen molar-refractivity contribution in [3.63, 3.8) is 0 Å². The molecule has 0 radical (unpaired) electrons. The maximum Gasteiger partial charge on any atom is 0.0108 e. The second-order valence-corrected chi connectivity index (χ2v) is 4.61. The molecule has 3 fully saturated rings. The normalized spacial score (nSPS) is 49.6. The molecule has 0 unspecified atom stereocenters. The molecule has 0 aromatic rings. The third-order valence-electron chi connectivity index (χ3n) is 4.18. The average Bonchev–Trinajstić information content (AvgIpc) is 1.98. The van der Waals surface area contributed by atoms with Gasteiger partial charge >= 0.3 is 0 Å². The van der Waals surface area contributed by atoms with E-state index in [-0.39, 0.29) is 0 Å². The van der Waals surface area contributed by atoms with Crippen LogP contribution in [0, 0.1) is 11.8 Å². The van der Waals surface area contributed by atoms with E-state index < -0.39 is 0 Å². The van der Waals surface area contributed by atoms with Gasteiger partial charge in [0.25, 0.3) is 0 Å². The zero-order valence-electron chi connectivity index (χ0n) is 7.13. The van der Waals surface area contributed by atoms with E-state index in [4.69, 9.17) is 0 Å². The zero-order valence-corrected chi connectivity index (χ0v) is 7.13. The van der Waals surface area contributed by atoms with Crippen LogP contribution in [0.1, 0.15) is 32.1 Å². The van der Waals surface area contributed by atoms with Gasteiger partial charge in [-0.2, -0.15) is 0 Å². The lowest BCUT2D eigenvalue weighted by molar-refractivity contribution is 0.0612. The fourth-order valence-electron chi connectivity index (χ4n) is 3.03. The molecule has 2 saturated heterocycles. The fraction of sp³-hybridized carbons (Fsp3) is 1.00. The minimum Gasteiger partial charge on any atom is -0.300 e. The van der Waals surface area contributed by atoms with E-state index in [1.807, 2.05) is 0 Å². The highest BCUT2D eigenvalue weighted by atomic mass is 15.2. The summed E-state index contributed by atoms with van der Waals surface area (Å²) >= 11 is 0. The number of hydrogen-bond donors (Lipinski definition) is 0. The molecule has 0 aromatic heterocycles. The van der Waals surface area contributed by atoms with Gasteiger partial charge in [-0.1, -0.05) is 0 Å². The van der Waals surface area contributed by atoms with E-state index in [0.717, 1.165) is 17.9 Å². The molecule has 2 heterocycles. The molecule has 3 atom stereocenters. The molecule has 0 bridgehead atoms. The Morgan fingerprint density at radius 1 is 0.818 bits per heavy atom. The van der Waals surface area contributed by atoms with E-state index in [2.05, 4.69) is 4.90 Å². The Labute approximate surface area is 68.8 Å². The summed E-state index contributed by atoms with van der Waals surface area (Å²) in [7, 11) is 0. The molecule has 1 aliphatic carbocycles. The lowest BCUT2D eigenvalue weighted by atomic mass is 9.72. The van der Waals surface area contributed by atoms with Crippen LogP contribution in [0.3, 0.4) is 0 Å². The van der Waals surface area contributed by atoms with Crippen molar-refractivity contribution in [3.05, 3.63) is 0 Å². The number of rotatable bonds is 0. The summed E-state index contributed by atoms with van der Waals surface area (Å²) in [4.78, 5) is 2.73. The third-order valence-corrected chi connectivity index (χ3v) is 4.18. The minimum absolute atomic E-state index is 1.01. The van der Waals surface area contributed by atoms with Crippen molar-refractivity contribution < 1.29 is 0 Å². The van der Waals surface area contributed by atoms with Gasteiger partial charge in [0.2, 0.25) is 0 Å². The predicted octanol–water partition coefficient (Wildman–Crippen LogP) is 1.88. The summed E-state index contributed by atoms with van der Waals surface area (Å²) < 4.78 is 0. The van der Waals surface area contributed by atoms with Crippen molar-refractivity contribution in [3.8, 4) is 0 Å². The maximum absolute atomic E-state index is 2.73. The molecule has 3 aliphatic rings. The van der Waals surface area contributed by atoms with Crippen molar-refractivity contribution in [2.45, 2.75) is 38.1 Å². The van der Waals surface area contributed by atoms with Gasteiger partial charge in [-0.25, -0.2) is 0 Å². The molecule has 1 heteroatoms. The number of hydrogen-bond acceptors (Lipinski definition) is 1. The lowest BCUT2D eigenvalue weighted by Crippen LogP contribution is -2.48. The lowest BCUT2D eigenvalue weighted by Gasteiger charge is -2.42. The minimum atomic E-state index is 1.01. The van der Waals surface area contributed by atoms with Gasteiger partial charge in [-0.3, -0.25) is 4.90 Å². The Balaban J connectivity index is 1.72. The molecular weight excluding hydrogens is 134 g/mol. The second-order valence-electron chi connectivity index (χ2n) is 4.61. The van der Waals surface area contributed by atoms with Gasteiger partial charge in [0.1, 0.15) is 0 Å². The van der Waals surface area contributed by atoms with Crippen LogP contribution in [0.25, 0.3) is 0 Å². The standard InChI is InChI=1S/C10H17N/c1-2-9-7-11-6-5-10(11)4-3-8(1)9/h8-10H,1-7H2/t8-,9-,10-/m1/s1. The molecule has 0 aromatic carbocycles. The third kappa shape index (κ3) is 0.868. The van der Waals surface area contributed by atoms with Crippen molar-refractivity contribution in [2.75, 3.05) is 13.1 Å². The van der Waals surface area contributed by atoms with Gasteiger partial charge < -0.3 is 0 Å². The number of nitrogens with zero attached hydrogens (tertiary/aromatic N) is 1. The van der Waals surface area contributed by atoms with Crippen molar-refractivity contribution in [2.24, 2.45) is 11.8 Å². The van der Waals surface area contributed by atoms with E-state index in [1.165, 1.54) is 32.4 Å². The first-order chi connectivity index (χ1) is 5.43. The fourth-order valence-corrected chi connectivity index (χ4v) is 3.03. The zero-order chi connectivity index (χ0) is 7.26. The predicted molar refractivity (Wildman–Crippen MR) is 45.4 cm³/mol. The van der Waals surface area contributed by atoms with Crippen LogP contribution in [0.5, 0.6) is 0 Å². The maximum atomic E-state index is 2.73. The molecule has 0 amide bonds. The van der Waals surface area contributed by atoms with Crippen LogP contribution in [0.15, 0.2) is 0 Å². The Hall–Kier alpha value is -0.0400. The summed E-state index contributed by atoms with van der Waals surface area (Å²) in [6.45, 7) is 2.86. The Morgan fingerprint density at radius 2 is 1.64 bits per heavy atom. The second kappa shape index (κ2) is 2.22. The molecule has 0 N–H and O–H groups in total. The largest absolute Gasteiger partial charge is 0.300 e. The molecule has 1 saturated carbocycles. The molecule has 62 valence electrons. The first kappa shape index (κ1) is 6.47. The highest BCUT2D eigenvalue weighted by Crippen LogP contribution is 2.43. The highest BCUT2D eigenvalue weighted by Gasteiger charge is 2.40. The summed E-state index contributed by atoms with van der Waals surface area (Å²) in [6, 6.07) is 1.01. The van der Waals surface area contributed by atoms with E-state index >= 15 is 0 Å². The molecule has 1 nitrogen and oxygen atoms in total. The van der Waals surface area contributed by atoms with Crippen LogP contribution in [-0.2, 0) is 0 Å².